The minimum atomic E-state index is -4.98. The number of aromatic amines is 2. The van der Waals surface area contributed by atoms with Gasteiger partial charge in [0.2, 0.25) is 0 Å². The van der Waals surface area contributed by atoms with Crippen LogP contribution in [-0.4, -0.2) is 32.3 Å². The van der Waals surface area contributed by atoms with Crippen LogP contribution in [0.2, 0.25) is 0 Å². The van der Waals surface area contributed by atoms with E-state index in [-0.39, 0.29) is 9.87 Å². The first-order valence-electron chi connectivity index (χ1n) is 4.20. The number of hydrogen-bond donors (Lipinski definition) is 4. The van der Waals surface area contributed by atoms with Crippen molar-refractivity contribution in [3.8, 4) is 0 Å². The number of fused-ring (bicyclic) bond motifs is 1. The van der Waals surface area contributed by atoms with Crippen LogP contribution in [-0.2, 0) is 3.74 Å². The predicted octanol–water partition coefficient (Wildman–Crippen LogP) is -2.22. The van der Waals surface area contributed by atoms with Crippen molar-refractivity contribution in [2.24, 2.45) is 0 Å². The molecule has 0 aliphatic heterocycles. The molecule has 0 saturated carbocycles. The van der Waals surface area contributed by atoms with Crippen molar-refractivity contribution < 1.29 is 11.9 Å². The monoisotopic (exact) mass is 286 g/mol. The Morgan fingerprint density at radius 1 is 1.00 bits per heavy atom. The number of rotatable bonds is 1. The Kier molecular flexibility index (Phi) is 2.38. The second kappa shape index (κ2) is 3.48. The number of benzene rings is 1. The van der Waals surface area contributed by atoms with Crippen LogP contribution < -0.4 is 15.5 Å². The molecule has 0 unspecified atom stereocenters. The summed E-state index contributed by atoms with van der Waals surface area (Å²) < 4.78 is 28.8. The van der Waals surface area contributed by atoms with Crippen molar-refractivity contribution in [1.29, 1.82) is 0 Å². The van der Waals surface area contributed by atoms with Gasteiger partial charge in [-0.15, -0.1) is 0 Å². The van der Waals surface area contributed by atoms with Crippen molar-refractivity contribution in [3.05, 3.63) is 38.9 Å². The first-order valence-corrected chi connectivity index (χ1v) is 7.59. The van der Waals surface area contributed by atoms with Gasteiger partial charge in [0.15, 0.2) is 0 Å². The summed E-state index contributed by atoms with van der Waals surface area (Å²) >= 11 is -4.98. The third-order valence-corrected chi connectivity index (χ3v) is 4.04. The van der Waals surface area contributed by atoms with E-state index in [2.05, 4.69) is 9.97 Å². The van der Waals surface area contributed by atoms with Crippen LogP contribution >= 0.6 is 0 Å². The van der Waals surface area contributed by atoms with Crippen molar-refractivity contribution in [2.45, 2.75) is 0 Å². The summed E-state index contributed by atoms with van der Waals surface area (Å²) in [4.78, 5) is 26.5. The number of H-pyrrole nitrogens is 2. The van der Waals surface area contributed by atoms with Gasteiger partial charge in [0.1, 0.15) is 0 Å². The van der Waals surface area contributed by atoms with Crippen molar-refractivity contribution in [2.75, 3.05) is 0 Å². The van der Waals surface area contributed by atoms with Crippen molar-refractivity contribution in [3.63, 3.8) is 0 Å². The van der Waals surface area contributed by atoms with E-state index in [0.717, 1.165) is 6.07 Å². The standard InChI is InChI=1S/C8H7AsN2O5/c12-7-8(13)11-6-3-4(9(14,15)16)1-2-5(6)10-7/h1-3H,(H,10,12)(H,11,13)(H2,14,15,16). The van der Waals surface area contributed by atoms with Crippen LogP contribution in [0.25, 0.3) is 11.0 Å². The van der Waals surface area contributed by atoms with E-state index in [1.165, 1.54) is 12.1 Å². The fourth-order valence-corrected chi connectivity index (χ4v) is 2.47. The van der Waals surface area contributed by atoms with Crippen LogP contribution in [0, 0.1) is 0 Å². The van der Waals surface area contributed by atoms with E-state index in [4.69, 9.17) is 8.19 Å². The van der Waals surface area contributed by atoms with Gasteiger partial charge < -0.3 is 0 Å². The molecule has 1 aromatic carbocycles. The molecule has 0 atom stereocenters. The topological polar surface area (TPSA) is 123 Å². The fourth-order valence-electron chi connectivity index (χ4n) is 1.28. The zero-order chi connectivity index (χ0) is 11.9. The average molecular weight is 286 g/mol. The SMILES string of the molecule is O=c1[nH]c2ccc([As](=O)(O)O)cc2[nH]c1=O. The van der Waals surface area contributed by atoms with E-state index in [1.807, 2.05) is 0 Å². The summed E-state index contributed by atoms with van der Waals surface area (Å²) in [5, 5.41) is 0. The molecule has 8 heteroatoms. The summed E-state index contributed by atoms with van der Waals surface area (Å²) in [7, 11) is 0. The second-order valence-corrected chi connectivity index (χ2v) is 6.55. The summed E-state index contributed by atoms with van der Waals surface area (Å²) in [5.41, 5.74) is -1.16. The molecule has 0 spiro atoms. The van der Waals surface area contributed by atoms with Crippen LogP contribution in [0.4, 0.5) is 0 Å². The molecule has 0 radical (unpaired) electrons. The molecule has 2 aromatic rings. The molecule has 84 valence electrons. The summed E-state index contributed by atoms with van der Waals surface area (Å²) in [6.07, 6.45) is 0. The zero-order valence-corrected chi connectivity index (χ0v) is 9.68. The Hall–Kier alpha value is -1.56. The number of aromatic nitrogens is 2. The molecule has 0 fully saturated rings. The minimum absolute atomic E-state index is 0.159. The number of nitrogens with one attached hydrogen (secondary N) is 2. The Morgan fingerprint density at radius 3 is 2.12 bits per heavy atom. The van der Waals surface area contributed by atoms with Gasteiger partial charge in [0, 0.05) is 0 Å². The van der Waals surface area contributed by atoms with Crippen LogP contribution in [0.15, 0.2) is 27.8 Å². The fraction of sp³-hybridized carbons (Fsp3) is 0. The average Bonchev–Trinajstić information content (AvgIpc) is 2.17. The molecule has 2 rings (SSSR count). The van der Waals surface area contributed by atoms with Crippen molar-refractivity contribution >= 4 is 29.6 Å². The molecule has 0 amide bonds. The quantitative estimate of drug-likeness (QED) is 0.349. The van der Waals surface area contributed by atoms with Gasteiger partial charge in [-0.1, -0.05) is 0 Å². The molecule has 1 heterocycles. The second-order valence-electron chi connectivity index (χ2n) is 3.18. The van der Waals surface area contributed by atoms with Gasteiger partial charge in [0.05, 0.1) is 0 Å². The van der Waals surface area contributed by atoms with Crippen LogP contribution in [0.1, 0.15) is 0 Å². The Bertz CT molecular complexity index is 710. The summed E-state index contributed by atoms with van der Waals surface area (Å²) in [6.45, 7) is 0. The first-order chi connectivity index (χ1) is 7.38. The molecule has 0 bridgehead atoms. The molecule has 4 N–H and O–H groups in total. The van der Waals surface area contributed by atoms with Gasteiger partial charge in [-0.25, -0.2) is 0 Å². The predicted molar refractivity (Wildman–Crippen MR) is 55.7 cm³/mol. The molecule has 16 heavy (non-hydrogen) atoms. The third-order valence-electron chi connectivity index (χ3n) is 2.04. The molecule has 7 nitrogen and oxygen atoms in total. The van der Waals surface area contributed by atoms with E-state index >= 15 is 0 Å². The zero-order valence-electron chi connectivity index (χ0n) is 7.80. The first kappa shape index (κ1) is 10.9. The van der Waals surface area contributed by atoms with Crippen LogP contribution in [0.3, 0.4) is 0 Å². The molecule has 0 saturated heterocycles. The Balaban J connectivity index is 2.82. The molecular weight excluding hydrogens is 279 g/mol. The van der Waals surface area contributed by atoms with E-state index in [9.17, 15) is 13.3 Å². The van der Waals surface area contributed by atoms with E-state index in [0.29, 0.717) is 5.52 Å². The normalized spacial score (nSPS) is 11.9. The molecular formula is C8H7AsN2O5. The van der Waals surface area contributed by atoms with Crippen LogP contribution in [0.5, 0.6) is 0 Å². The van der Waals surface area contributed by atoms with Gasteiger partial charge in [-0.3, -0.25) is 0 Å². The van der Waals surface area contributed by atoms with E-state index in [1.54, 1.807) is 0 Å². The maximum atomic E-state index is 11.0. The molecule has 0 aliphatic carbocycles. The Labute approximate surface area is 90.8 Å². The maximum absolute atomic E-state index is 11.0. The van der Waals surface area contributed by atoms with Gasteiger partial charge in [-0.05, 0) is 0 Å². The molecule has 1 aromatic heterocycles. The molecule has 0 aliphatic rings. The third kappa shape index (κ3) is 1.88. The van der Waals surface area contributed by atoms with E-state index < -0.39 is 25.3 Å². The van der Waals surface area contributed by atoms with Gasteiger partial charge >= 0.3 is 90.4 Å². The van der Waals surface area contributed by atoms with Crippen molar-refractivity contribution in [1.82, 2.24) is 9.97 Å². The Morgan fingerprint density at radius 2 is 1.56 bits per heavy atom. The van der Waals surface area contributed by atoms with Gasteiger partial charge in [0.25, 0.3) is 0 Å². The van der Waals surface area contributed by atoms with Gasteiger partial charge in [-0.2, -0.15) is 0 Å². The summed E-state index contributed by atoms with van der Waals surface area (Å²) in [5.74, 6) is 0. The number of hydrogen-bond acceptors (Lipinski definition) is 3. The summed E-state index contributed by atoms with van der Waals surface area (Å²) in [6, 6.07) is 3.71.